The van der Waals surface area contributed by atoms with Crippen molar-refractivity contribution in [3.63, 3.8) is 0 Å². The average molecular weight is 456 g/mol. The molecule has 0 radical (unpaired) electrons. The van der Waals surface area contributed by atoms with E-state index in [2.05, 4.69) is 45.5 Å². The van der Waals surface area contributed by atoms with Crippen LogP contribution in [0.2, 0.25) is 0 Å². The van der Waals surface area contributed by atoms with Gasteiger partial charge in [-0.15, -0.1) is 0 Å². The zero-order valence-electron chi connectivity index (χ0n) is 19.7. The molecule has 176 valence electrons. The fraction of sp³-hybridized carbons (Fsp3) is 0.379. The molecule has 1 saturated carbocycles. The summed E-state index contributed by atoms with van der Waals surface area (Å²) in [5, 5.41) is 3.14. The SMILES string of the molecule is O=C(NCCc1ccccn1)[C@@H]1CC12CCN(Cc1cccc(OCc3ccccc3)c1)CC2. The van der Waals surface area contributed by atoms with Crippen LogP contribution in [0.3, 0.4) is 0 Å². The summed E-state index contributed by atoms with van der Waals surface area (Å²) >= 11 is 0. The zero-order chi connectivity index (χ0) is 23.2. The highest BCUT2D eigenvalue weighted by Gasteiger charge is 2.58. The number of hydrogen-bond acceptors (Lipinski definition) is 4. The van der Waals surface area contributed by atoms with E-state index in [1.807, 2.05) is 42.5 Å². The molecule has 3 aromatic rings. The minimum Gasteiger partial charge on any atom is -0.489 e. The van der Waals surface area contributed by atoms with Gasteiger partial charge >= 0.3 is 0 Å². The van der Waals surface area contributed by atoms with Crippen molar-refractivity contribution in [2.75, 3.05) is 19.6 Å². The molecule has 2 aromatic carbocycles. The molecule has 1 saturated heterocycles. The van der Waals surface area contributed by atoms with E-state index in [4.69, 9.17) is 4.74 Å². The Labute approximate surface area is 202 Å². The monoisotopic (exact) mass is 455 g/mol. The lowest BCUT2D eigenvalue weighted by molar-refractivity contribution is -0.123. The van der Waals surface area contributed by atoms with Gasteiger partial charge in [0, 0.05) is 37.3 Å². The summed E-state index contributed by atoms with van der Waals surface area (Å²) in [6.07, 6.45) is 5.84. The first-order chi connectivity index (χ1) is 16.7. The number of nitrogens with zero attached hydrogens (tertiary/aromatic N) is 2. The summed E-state index contributed by atoms with van der Waals surface area (Å²) in [5.41, 5.74) is 3.71. The van der Waals surface area contributed by atoms with Gasteiger partial charge in [-0.05, 0) is 73.2 Å². The van der Waals surface area contributed by atoms with Crippen molar-refractivity contribution in [3.8, 4) is 5.75 Å². The molecule has 1 N–H and O–H groups in total. The van der Waals surface area contributed by atoms with E-state index in [1.54, 1.807) is 6.20 Å². The number of pyridine rings is 1. The fourth-order valence-electron chi connectivity index (χ4n) is 5.14. The van der Waals surface area contributed by atoms with E-state index in [1.165, 1.54) is 11.1 Å². The average Bonchev–Trinajstić information content (AvgIpc) is 3.59. The molecule has 5 rings (SSSR count). The molecule has 5 heteroatoms. The predicted molar refractivity (Wildman–Crippen MR) is 133 cm³/mol. The Hall–Kier alpha value is -3.18. The highest BCUT2D eigenvalue weighted by molar-refractivity contribution is 5.82. The number of ether oxygens (including phenoxy) is 1. The topological polar surface area (TPSA) is 54.5 Å². The van der Waals surface area contributed by atoms with Crippen LogP contribution in [-0.4, -0.2) is 35.4 Å². The number of rotatable bonds is 9. The van der Waals surface area contributed by atoms with Gasteiger partial charge in [0.2, 0.25) is 5.91 Å². The molecule has 34 heavy (non-hydrogen) atoms. The Morgan fingerprint density at radius 2 is 1.79 bits per heavy atom. The van der Waals surface area contributed by atoms with Crippen molar-refractivity contribution in [2.24, 2.45) is 11.3 Å². The summed E-state index contributed by atoms with van der Waals surface area (Å²) < 4.78 is 6.00. The Morgan fingerprint density at radius 3 is 2.59 bits per heavy atom. The molecule has 2 fully saturated rings. The largest absolute Gasteiger partial charge is 0.489 e. The van der Waals surface area contributed by atoms with Crippen molar-refractivity contribution in [1.29, 1.82) is 0 Å². The van der Waals surface area contributed by atoms with Gasteiger partial charge < -0.3 is 10.1 Å². The van der Waals surface area contributed by atoms with Crippen molar-refractivity contribution in [2.45, 2.75) is 38.8 Å². The second-order valence-electron chi connectivity index (χ2n) is 9.68. The lowest BCUT2D eigenvalue weighted by Crippen LogP contribution is -2.37. The summed E-state index contributed by atoms with van der Waals surface area (Å²) in [7, 11) is 0. The Balaban J connectivity index is 1.05. The molecule has 2 aliphatic rings. The second kappa shape index (κ2) is 10.4. The van der Waals surface area contributed by atoms with Gasteiger partial charge in [0.15, 0.2) is 0 Å². The smallest absolute Gasteiger partial charge is 0.223 e. The van der Waals surface area contributed by atoms with E-state index >= 15 is 0 Å². The van der Waals surface area contributed by atoms with Gasteiger partial charge in [0.25, 0.3) is 0 Å². The Kier molecular flexibility index (Phi) is 6.91. The molecule has 1 aliphatic heterocycles. The first-order valence-electron chi connectivity index (χ1n) is 12.4. The minimum atomic E-state index is 0.188. The quantitative estimate of drug-likeness (QED) is 0.512. The third-order valence-corrected chi connectivity index (χ3v) is 7.32. The van der Waals surface area contributed by atoms with E-state index < -0.39 is 0 Å². The van der Waals surface area contributed by atoms with Gasteiger partial charge in [-0.3, -0.25) is 14.7 Å². The number of amides is 1. The maximum atomic E-state index is 12.7. The van der Waals surface area contributed by atoms with Gasteiger partial charge in [-0.25, -0.2) is 0 Å². The molecule has 5 nitrogen and oxygen atoms in total. The third kappa shape index (κ3) is 5.65. The lowest BCUT2D eigenvalue weighted by atomic mass is 9.90. The predicted octanol–water partition coefficient (Wildman–Crippen LogP) is 4.62. The number of piperidine rings is 1. The van der Waals surface area contributed by atoms with E-state index in [9.17, 15) is 4.79 Å². The van der Waals surface area contributed by atoms with Crippen LogP contribution >= 0.6 is 0 Å². The molecule has 1 amide bonds. The number of hydrogen-bond donors (Lipinski definition) is 1. The van der Waals surface area contributed by atoms with Crippen LogP contribution < -0.4 is 10.1 Å². The molecular formula is C29H33N3O2. The van der Waals surface area contributed by atoms with Crippen LogP contribution in [0, 0.1) is 11.3 Å². The van der Waals surface area contributed by atoms with Crippen LogP contribution in [0.5, 0.6) is 5.75 Å². The summed E-state index contributed by atoms with van der Waals surface area (Å²) in [6, 6.07) is 24.6. The van der Waals surface area contributed by atoms with Crippen LogP contribution in [0.4, 0.5) is 0 Å². The Morgan fingerprint density at radius 1 is 1.00 bits per heavy atom. The first kappa shape index (κ1) is 22.6. The summed E-state index contributed by atoms with van der Waals surface area (Å²) in [4.78, 5) is 19.5. The first-order valence-corrected chi connectivity index (χ1v) is 12.4. The van der Waals surface area contributed by atoms with E-state index in [0.717, 1.165) is 56.8 Å². The number of benzene rings is 2. The van der Waals surface area contributed by atoms with Gasteiger partial charge in [-0.2, -0.15) is 0 Å². The van der Waals surface area contributed by atoms with Crippen LogP contribution in [-0.2, 0) is 24.4 Å². The normalized spacial score (nSPS) is 19.0. The molecule has 1 atom stereocenters. The standard InChI is InChI=1S/C29H33N3O2/c33-28(31-16-12-25-10-4-5-15-30-25)27-20-29(27)13-17-32(18-14-29)21-24-9-6-11-26(19-24)34-22-23-7-2-1-3-8-23/h1-11,15,19,27H,12-14,16-18,20-22H2,(H,31,33)/t27-/m0/s1. The van der Waals surface area contributed by atoms with Gasteiger partial charge in [0.1, 0.15) is 12.4 Å². The second-order valence-corrected chi connectivity index (χ2v) is 9.68. The zero-order valence-corrected chi connectivity index (χ0v) is 19.7. The fourth-order valence-corrected chi connectivity index (χ4v) is 5.14. The van der Waals surface area contributed by atoms with Gasteiger partial charge in [0.05, 0.1) is 0 Å². The maximum absolute atomic E-state index is 12.7. The third-order valence-electron chi connectivity index (χ3n) is 7.32. The molecule has 0 bridgehead atoms. The van der Waals surface area contributed by atoms with Crippen LogP contribution in [0.25, 0.3) is 0 Å². The molecular weight excluding hydrogens is 422 g/mol. The lowest BCUT2D eigenvalue weighted by Gasteiger charge is -2.33. The van der Waals surface area contributed by atoms with Crippen molar-refractivity contribution < 1.29 is 9.53 Å². The number of likely N-dealkylation sites (tertiary alicyclic amines) is 1. The van der Waals surface area contributed by atoms with Crippen molar-refractivity contribution in [1.82, 2.24) is 15.2 Å². The molecule has 1 aliphatic carbocycles. The number of carbonyl (C=O) groups is 1. The molecule has 2 heterocycles. The summed E-state index contributed by atoms with van der Waals surface area (Å²) in [5.74, 6) is 1.33. The highest BCUT2D eigenvalue weighted by Crippen LogP contribution is 2.59. The summed E-state index contributed by atoms with van der Waals surface area (Å²) in [6.45, 7) is 4.28. The van der Waals surface area contributed by atoms with Crippen molar-refractivity contribution >= 4 is 5.91 Å². The van der Waals surface area contributed by atoms with Crippen molar-refractivity contribution in [3.05, 3.63) is 95.8 Å². The van der Waals surface area contributed by atoms with E-state index in [-0.39, 0.29) is 17.2 Å². The van der Waals surface area contributed by atoms with Crippen LogP contribution in [0.1, 0.15) is 36.1 Å². The molecule has 1 aromatic heterocycles. The molecule has 0 unspecified atom stereocenters. The number of carbonyl (C=O) groups excluding carboxylic acids is 1. The Bertz CT molecular complexity index is 1080. The molecule has 1 spiro atoms. The number of aromatic nitrogens is 1. The highest BCUT2D eigenvalue weighted by atomic mass is 16.5. The van der Waals surface area contributed by atoms with Crippen LogP contribution in [0.15, 0.2) is 79.0 Å². The van der Waals surface area contributed by atoms with E-state index in [0.29, 0.717) is 13.2 Å². The number of nitrogens with one attached hydrogen (secondary N) is 1. The maximum Gasteiger partial charge on any atom is 0.223 e. The minimum absolute atomic E-state index is 0.188. The van der Waals surface area contributed by atoms with Gasteiger partial charge in [-0.1, -0.05) is 48.5 Å².